The molecule has 0 saturated carbocycles. The fraction of sp³-hybridized carbons (Fsp3) is 0.636. The molecule has 0 unspecified atom stereocenters. The first kappa shape index (κ1) is 12.7. The summed E-state index contributed by atoms with van der Waals surface area (Å²) < 4.78 is 1.66. The predicted molar refractivity (Wildman–Crippen MR) is 63.8 cm³/mol. The molecule has 1 aromatic heterocycles. The van der Waals surface area contributed by atoms with E-state index in [4.69, 9.17) is 5.11 Å². The Morgan fingerprint density at radius 3 is 2.81 bits per heavy atom. The van der Waals surface area contributed by atoms with Crippen molar-refractivity contribution in [1.29, 1.82) is 0 Å². The van der Waals surface area contributed by atoms with Crippen molar-refractivity contribution in [2.45, 2.75) is 26.8 Å². The van der Waals surface area contributed by atoms with Gasteiger partial charge in [-0.05, 0) is 13.3 Å². The van der Waals surface area contributed by atoms with Crippen molar-refractivity contribution >= 4 is 5.82 Å². The standard InChI is InChI=1S/C11H19N3O2/c1-3-6-14-7-5-12-10(11(14)16)13(4-2)8-9-15/h5,7,15H,3-4,6,8-9H2,1-2H3. The molecular formula is C11H19N3O2. The Morgan fingerprint density at radius 2 is 2.25 bits per heavy atom. The van der Waals surface area contributed by atoms with Gasteiger partial charge >= 0.3 is 0 Å². The third-order valence-corrected chi connectivity index (χ3v) is 2.41. The number of hydrogen-bond donors (Lipinski definition) is 1. The molecule has 0 radical (unpaired) electrons. The Labute approximate surface area is 95.4 Å². The molecule has 16 heavy (non-hydrogen) atoms. The summed E-state index contributed by atoms with van der Waals surface area (Å²) in [5.74, 6) is 0.424. The van der Waals surface area contributed by atoms with Crippen LogP contribution in [0.2, 0.25) is 0 Å². The van der Waals surface area contributed by atoms with Crippen molar-refractivity contribution in [3.8, 4) is 0 Å². The van der Waals surface area contributed by atoms with Gasteiger partial charge in [0.2, 0.25) is 0 Å². The van der Waals surface area contributed by atoms with E-state index in [0.717, 1.165) is 6.42 Å². The van der Waals surface area contributed by atoms with Gasteiger partial charge < -0.3 is 14.6 Å². The number of aliphatic hydroxyl groups is 1. The van der Waals surface area contributed by atoms with Crippen LogP contribution in [0.15, 0.2) is 17.2 Å². The highest BCUT2D eigenvalue weighted by molar-refractivity contribution is 5.35. The molecule has 1 N–H and O–H groups in total. The molecule has 0 aliphatic rings. The molecule has 0 bridgehead atoms. The summed E-state index contributed by atoms with van der Waals surface area (Å²) >= 11 is 0. The molecule has 0 atom stereocenters. The summed E-state index contributed by atoms with van der Waals surface area (Å²) in [7, 11) is 0. The molecule has 1 aromatic rings. The Hall–Kier alpha value is -1.36. The summed E-state index contributed by atoms with van der Waals surface area (Å²) in [6, 6.07) is 0. The zero-order chi connectivity index (χ0) is 12.0. The highest BCUT2D eigenvalue weighted by Crippen LogP contribution is 2.02. The molecule has 5 nitrogen and oxygen atoms in total. The van der Waals surface area contributed by atoms with Crippen molar-refractivity contribution < 1.29 is 5.11 Å². The van der Waals surface area contributed by atoms with Crippen LogP contribution >= 0.6 is 0 Å². The summed E-state index contributed by atoms with van der Waals surface area (Å²) in [4.78, 5) is 17.9. The minimum absolute atomic E-state index is 0.0254. The number of aliphatic hydroxyl groups excluding tert-OH is 1. The van der Waals surface area contributed by atoms with Crippen molar-refractivity contribution in [3.05, 3.63) is 22.7 Å². The first-order valence-corrected chi connectivity index (χ1v) is 5.65. The zero-order valence-corrected chi connectivity index (χ0v) is 9.89. The van der Waals surface area contributed by atoms with Crippen molar-refractivity contribution in [3.63, 3.8) is 0 Å². The molecule has 0 aliphatic carbocycles. The average Bonchev–Trinajstić information content (AvgIpc) is 2.30. The van der Waals surface area contributed by atoms with Crippen LogP contribution in [0.25, 0.3) is 0 Å². The minimum atomic E-state index is -0.0837. The van der Waals surface area contributed by atoms with E-state index < -0.39 is 0 Å². The summed E-state index contributed by atoms with van der Waals surface area (Å²) in [6.07, 6.45) is 4.24. The molecule has 0 saturated heterocycles. The third kappa shape index (κ3) is 2.82. The second kappa shape index (κ2) is 6.27. The van der Waals surface area contributed by atoms with Crippen molar-refractivity contribution in [1.82, 2.24) is 9.55 Å². The fourth-order valence-electron chi connectivity index (χ4n) is 1.60. The number of anilines is 1. The molecule has 1 heterocycles. The lowest BCUT2D eigenvalue weighted by molar-refractivity contribution is 0.302. The molecule has 0 amide bonds. The SMILES string of the molecule is CCCn1ccnc(N(CC)CCO)c1=O. The fourth-order valence-corrected chi connectivity index (χ4v) is 1.60. The Balaban J connectivity index is 3.03. The first-order chi connectivity index (χ1) is 7.74. The Bertz CT molecular complexity index is 376. The van der Waals surface area contributed by atoms with E-state index in [0.29, 0.717) is 25.5 Å². The van der Waals surface area contributed by atoms with Crippen molar-refractivity contribution in [2.75, 3.05) is 24.6 Å². The largest absolute Gasteiger partial charge is 0.395 e. The van der Waals surface area contributed by atoms with Gasteiger partial charge in [-0.1, -0.05) is 6.92 Å². The molecule has 0 fully saturated rings. The van der Waals surface area contributed by atoms with Crippen LogP contribution in [0.1, 0.15) is 20.3 Å². The number of aryl methyl sites for hydroxylation is 1. The molecule has 1 rings (SSSR count). The highest BCUT2D eigenvalue weighted by Gasteiger charge is 2.10. The lowest BCUT2D eigenvalue weighted by Gasteiger charge is -2.20. The zero-order valence-electron chi connectivity index (χ0n) is 9.89. The van der Waals surface area contributed by atoms with E-state index in [9.17, 15) is 4.79 Å². The van der Waals surface area contributed by atoms with Gasteiger partial charge in [0.25, 0.3) is 5.56 Å². The van der Waals surface area contributed by atoms with E-state index in [1.165, 1.54) is 0 Å². The van der Waals surface area contributed by atoms with Crippen LogP contribution in [-0.4, -0.2) is 34.4 Å². The van der Waals surface area contributed by atoms with E-state index in [1.54, 1.807) is 21.9 Å². The van der Waals surface area contributed by atoms with Gasteiger partial charge in [0, 0.05) is 32.0 Å². The van der Waals surface area contributed by atoms with Crippen LogP contribution in [-0.2, 0) is 6.54 Å². The summed E-state index contributed by atoms with van der Waals surface area (Å²) in [5.41, 5.74) is -0.0837. The quantitative estimate of drug-likeness (QED) is 0.764. The van der Waals surface area contributed by atoms with Crippen LogP contribution in [0.5, 0.6) is 0 Å². The highest BCUT2D eigenvalue weighted by atomic mass is 16.3. The second-order valence-corrected chi connectivity index (χ2v) is 3.55. The van der Waals surface area contributed by atoms with E-state index in [-0.39, 0.29) is 12.2 Å². The Morgan fingerprint density at radius 1 is 1.50 bits per heavy atom. The first-order valence-electron chi connectivity index (χ1n) is 5.65. The third-order valence-electron chi connectivity index (χ3n) is 2.41. The predicted octanol–water partition coefficient (Wildman–Crippen LogP) is 0.472. The van der Waals surface area contributed by atoms with Gasteiger partial charge in [0.1, 0.15) is 0 Å². The second-order valence-electron chi connectivity index (χ2n) is 3.55. The van der Waals surface area contributed by atoms with Gasteiger partial charge in [0.05, 0.1) is 6.61 Å². The van der Waals surface area contributed by atoms with Crippen LogP contribution in [0.3, 0.4) is 0 Å². The Kier molecular flexibility index (Phi) is 4.98. The van der Waals surface area contributed by atoms with Crippen LogP contribution < -0.4 is 10.5 Å². The van der Waals surface area contributed by atoms with E-state index in [2.05, 4.69) is 4.98 Å². The molecule has 0 aromatic carbocycles. The number of hydrogen-bond acceptors (Lipinski definition) is 4. The van der Waals surface area contributed by atoms with Gasteiger partial charge in [-0.15, -0.1) is 0 Å². The van der Waals surface area contributed by atoms with Gasteiger partial charge in [-0.2, -0.15) is 0 Å². The van der Waals surface area contributed by atoms with Gasteiger partial charge in [-0.25, -0.2) is 4.98 Å². The monoisotopic (exact) mass is 225 g/mol. The van der Waals surface area contributed by atoms with E-state index in [1.807, 2.05) is 13.8 Å². The smallest absolute Gasteiger partial charge is 0.293 e. The molecule has 0 aliphatic heterocycles. The van der Waals surface area contributed by atoms with Crippen molar-refractivity contribution in [2.24, 2.45) is 0 Å². The maximum Gasteiger partial charge on any atom is 0.293 e. The lowest BCUT2D eigenvalue weighted by Crippen LogP contribution is -2.35. The molecule has 5 heteroatoms. The molecular weight excluding hydrogens is 206 g/mol. The van der Waals surface area contributed by atoms with Gasteiger partial charge in [-0.3, -0.25) is 4.79 Å². The molecule has 90 valence electrons. The lowest BCUT2D eigenvalue weighted by atomic mass is 10.4. The number of nitrogens with zero attached hydrogens (tertiary/aromatic N) is 3. The minimum Gasteiger partial charge on any atom is -0.395 e. The topological polar surface area (TPSA) is 58.4 Å². The summed E-state index contributed by atoms with van der Waals surface area (Å²) in [6.45, 7) is 5.79. The maximum atomic E-state index is 12.0. The molecule has 0 spiro atoms. The normalized spacial score (nSPS) is 10.4. The van der Waals surface area contributed by atoms with Crippen LogP contribution in [0, 0.1) is 0 Å². The van der Waals surface area contributed by atoms with Crippen LogP contribution in [0.4, 0.5) is 5.82 Å². The van der Waals surface area contributed by atoms with Gasteiger partial charge in [0.15, 0.2) is 5.82 Å². The summed E-state index contributed by atoms with van der Waals surface area (Å²) in [5, 5.41) is 8.91. The number of aromatic nitrogens is 2. The maximum absolute atomic E-state index is 12.0. The number of likely N-dealkylation sites (N-methyl/N-ethyl adjacent to an activating group) is 1. The average molecular weight is 225 g/mol. The van der Waals surface area contributed by atoms with E-state index >= 15 is 0 Å². The number of rotatable bonds is 6.